The molecular weight excluding hydrogens is 697 g/mol. The number of carbonyl (C=O) groups excluding carboxylic acids is 6. The molecule has 53 heavy (non-hydrogen) atoms. The third-order valence-corrected chi connectivity index (χ3v) is 8.06. The summed E-state index contributed by atoms with van der Waals surface area (Å²) in [6.45, 7) is 4.76. The molecule has 0 saturated heterocycles. The van der Waals surface area contributed by atoms with E-state index in [4.69, 9.17) is 10.2 Å². The van der Waals surface area contributed by atoms with Crippen LogP contribution in [0.5, 0.6) is 0 Å². The number of halogens is 3. The number of rotatable bonds is 20. The molecule has 0 aliphatic heterocycles. The molecule has 3 rings (SSSR count). The standard InChI is InChI=1S/C37H43F3N6O7/c1-3-32(48)42-17-9-8-16-29(34(41)50)45-33(49)20-24-11-4-5-13-26(24)22-43-35(51)31(21-27-14-10-18-53-27)46-36(52)30(44-23(2)47)19-25-12-6-7-15-28(25)37(38,39)40/h3-7,10-15,18,29-31H,1,8-9,16-17,19-22H2,2H3,(H2,41,50)(H,42,48)(H,43,51)(H,44,47)(H,45,49)(H,46,52)/t29-,30+,31-/m0/s1. The molecule has 0 saturated carbocycles. The Morgan fingerprint density at radius 3 is 2.08 bits per heavy atom. The van der Waals surface area contributed by atoms with Gasteiger partial charge in [-0.1, -0.05) is 49.0 Å². The molecule has 0 unspecified atom stereocenters. The van der Waals surface area contributed by atoms with Crippen molar-refractivity contribution in [2.75, 3.05) is 6.54 Å². The highest BCUT2D eigenvalue weighted by Gasteiger charge is 2.35. The molecule has 1 heterocycles. The number of amides is 6. The largest absolute Gasteiger partial charge is 0.469 e. The van der Waals surface area contributed by atoms with Crippen LogP contribution in [0.15, 0.2) is 84.0 Å². The van der Waals surface area contributed by atoms with Gasteiger partial charge in [0.1, 0.15) is 23.9 Å². The monoisotopic (exact) mass is 740 g/mol. The SMILES string of the molecule is C=CC(=O)NCCCC[C@H](NC(=O)Cc1ccccc1CNC(=O)[C@H](Cc1ccco1)NC(=O)[C@@H](Cc1ccccc1C(F)(F)F)NC(C)=O)C(N)=O. The minimum Gasteiger partial charge on any atom is -0.469 e. The lowest BCUT2D eigenvalue weighted by atomic mass is 9.98. The molecule has 2 aromatic carbocycles. The highest BCUT2D eigenvalue weighted by molar-refractivity contribution is 5.92. The van der Waals surface area contributed by atoms with Gasteiger partial charge in [0.25, 0.3) is 0 Å². The summed E-state index contributed by atoms with van der Waals surface area (Å²) in [6.07, 6.45) is -1.69. The minimum absolute atomic E-state index is 0.0867. The Balaban J connectivity index is 1.70. The number of furan rings is 1. The number of nitrogens with two attached hydrogens (primary N) is 1. The van der Waals surface area contributed by atoms with Gasteiger partial charge in [-0.25, -0.2) is 0 Å². The van der Waals surface area contributed by atoms with E-state index in [-0.39, 0.29) is 37.3 Å². The summed E-state index contributed by atoms with van der Waals surface area (Å²) in [5.74, 6) is -3.45. The van der Waals surface area contributed by atoms with Crippen LogP contribution in [0.3, 0.4) is 0 Å². The van der Waals surface area contributed by atoms with Crippen molar-refractivity contribution in [1.29, 1.82) is 0 Å². The van der Waals surface area contributed by atoms with Crippen LogP contribution >= 0.6 is 0 Å². The summed E-state index contributed by atoms with van der Waals surface area (Å²) in [4.78, 5) is 75.3. The van der Waals surface area contributed by atoms with Gasteiger partial charge in [-0.3, -0.25) is 28.8 Å². The molecule has 7 N–H and O–H groups in total. The Morgan fingerprint density at radius 1 is 0.792 bits per heavy atom. The number of carbonyl (C=O) groups is 6. The normalized spacial score (nSPS) is 12.8. The zero-order valence-electron chi connectivity index (χ0n) is 29.1. The van der Waals surface area contributed by atoms with Crippen LogP contribution in [-0.2, 0) is 60.8 Å². The second kappa shape index (κ2) is 20.2. The Morgan fingerprint density at radius 2 is 1.45 bits per heavy atom. The van der Waals surface area contributed by atoms with Gasteiger partial charge in [-0.05, 0) is 60.2 Å². The molecule has 13 nitrogen and oxygen atoms in total. The molecular formula is C37H43F3N6O7. The molecule has 0 fully saturated rings. The Bertz CT molecular complexity index is 1750. The molecule has 0 aliphatic rings. The molecule has 0 spiro atoms. The smallest absolute Gasteiger partial charge is 0.416 e. The summed E-state index contributed by atoms with van der Waals surface area (Å²) in [6, 6.07) is 10.9. The average molecular weight is 741 g/mol. The summed E-state index contributed by atoms with van der Waals surface area (Å²) in [5, 5.41) is 12.9. The first-order valence-corrected chi connectivity index (χ1v) is 16.8. The average Bonchev–Trinajstić information content (AvgIpc) is 3.62. The molecule has 6 amide bonds. The van der Waals surface area contributed by atoms with Gasteiger partial charge >= 0.3 is 6.18 Å². The van der Waals surface area contributed by atoms with E-state index in [0.717, 1.165) is 19.1 Å². The van der Waals surface area contributed by atoms with Crippen molar-refractivity contribution < 1.29 is 46.4 Å². The molecule has 3 atom stereocenters. The lowest BCUT2D eigenvalue weighted by Gasteiger charge is -2.24. The number of unbranched alkanes of at least 4 members (excludes halogenated alkanes) is 1. The summed E-state index contributed by atoms with van der Waals surface area (Å²) >= 11 is 0. The van der Waals surface area contributed by atoms with Gasteiger partial charge in [0.15, 0.2) is 0 Å². The summed E-state index contributed by atoms with van der Waals surface area (Å²) in [5.41, 5.74) is 5.39. The van der Waals surface area contributed by atoms with E-state index in [9.17, 15) is 41.9 Å². The highest BCUT2D eigenvalue weighted by atomic mass is 19.4. The van der Waals surface area contributed by atoms with Gasteiger partial charge < -0.3 is 36.7 Å². The molecule has 0 aliphatic carbocycles. The van der Waals surface area contributed by atoms with Crippen molar-refractivity contribution in [3.05, 3.63) is 108 Å². The van der Waals surface area contributed by atoms with E-state index in [2.05, 4.69) is 33.2 Å². The number of benzene rings is 2. The number of hydrogen-bond acceptors (Lipinski definition) is 7. The maximum absolute atomic E-state index is 13.7. The van der Waals surface area contributed by atoms with Crippen molar-refractivity contribution in [2.24, 2.45) is 5.73 Å². The van der Waals surface area contributed by atoms with Gasteiger partial charge in [-0.2, -0.15) is 13.2 Å². The van der Waals surface area contributed by atoms with Crippen LogP contribution in [0, 0.1) is 0 Å². The summed E-state index contributed by atoms with van der Waals surface area (Å²) in [7, 11) is 0. The molecule has 0 radical (unpaired) electrons. The molecule has 3 aromatic rings. The maximum Gasteiger partial charge on any atom is 0.416 e. The van der Waals surface area contributed by atoms with Crippen molar-refractivity contribution in [3.8, 4) is 0 Å². The summed E-state index contributed by atoms with van der Waals surface area (Å²) < 4.78 is 46.5. The van der Waals surface area contributed by atoms with E-state index in [0.29, 0.717) is 36.3 Å². The maximum atomic E-state index is 13.7. The van der Waals surface area contributed by atoms with Gasteiger partial charge in [0.05, 0.1) is 18.2 Å². The van der Waals surface area contributed by atoms with Crippen LogP contribution in [0.4, 0.5) is 13.2 Å². The van der Waals surface area contributed by atoms with Crippen molar-refractivity contribution in [2.45, 2.75) is 76.3 Å². The second-order valence-electron chi connectivity index (χ2n) is 12.1. The molecule has 284 valence electrons. The topological polar surface area (TPSA) is 202 Å². The minimum atomic E-state index is -4.71. The highest BCUT2D eigenvalue weighted by Crippen LogP contribution is 2.32. The van der Waals surface area contributed by atoms with Gasteiger partial charge in [0, 0.05) is 32.9 Å². The van der Waals surface area contributed by atoms with Crippen LogP contribution in [0.1, 0.15) is 54.2 Å². The Hall–Kier alpha value is -5.93. The van der Waals surface area contributed by atoms with E-state index in [1.54, 1.807) is 36.4 Å². The van der Waals surface area contributed by atoms with Crippen LogP contribution in [-0.4, -0.2) is 60.1 Å². The first kappa shape index (κ1) is 41.5. The van der Waals surface area contributed by atoms with Crippen molar-refractivity contribution in [3.63, 3.8) is 0 Å². The zero-order chi connectivity index (χ0) is 39.0. The van der Waals surface area contributed by atoms with Crippen LogP contribution < -0.4 is 32.3 Å². The second-order valence-corrected chi connectivity index (χ2v) is 12.1. The lowest BCUT2D eigenvalue weighted by Crippen LogP contribution is -2.54. The number of primary amides is 1. The number of alkyl halides is 3. The van der Waals surface area contributed by atoms with Crippen molar-refractivity contribution >= 4 is 35.4 Å². The fourth-order valence-electron chi connectivity index (χ4n) is 5.43. The predicted octanol–water partition coefficient (Wildman–Crippen LogP) is 2.37. The van der Waals surface area contributed by atoms with Crippen LogP contribution in [0.2, 0.25) is 0 Å². The quantitative estimate of drug-likeness (QED) is 0.0754. The first-order valence-electron chi connectivity index (χ1n) is 16.8. The number of nitrogens with one attached hydrogen (secondary N) is 5. The van der Waals surface area contributed by atoms with Gasteiger partial charge in [-0.15, -0.1) is 0 Å². The Kier molecular flexibility index (Phi) is 15.8. The van der Waals surface area contributed by atoms with E-state index in [1.165, 1.54) is 24.5 Å². The van der Waals surface area contributed by atoms with E-state index >= 15 is 0 Å². The first-order chi connectivity index (χ1) is 25.2. The van der Waals surface area contributed by atoms with E-state index < -0.39 is 65.8 Å². The molecule has 0 bridgehead atoms. The van der Waals surface area contributed by atoms with Gasteiger partial charge in [0.2, 0.25) is 35.4 Å². The third kappa shape index (κ3) is 14.0. The molecule has 16 heteroatoms. The third-order valence-electron chi connectivity index (χ3n) is 8.06. The fourth-order valence-corrected chi connectivity index (χ4v) is 5.43. The predicted molar refractivity (Wildman–Crippen MR) is 187 cm³/mol. The van der Waals surface area contributed by atoms with E-state index in [1.807, 2.05) is 0 Å². The Labute approximate surface area is 304 Å². The fraction of sp³-hybridized carbons (Fsp3) is 0.351. The van der Waals surface area contributed by atoms with Crippen LogP contribution in [0.25, 0.3) is 0 Å². The van der Waals surface area contributed by atoms with Crippen molar-refractivity contribution in [1.82, 2.24) is 26.6 Å². The number of hydrogen-bond donors (Lipinski definition) is 6. The lowest BCUT2D eigenvalue weighted by molar-refractivity contribution is -0.138. The molecule has 1 aromatic heterocycles. The zero-order valence-corrected chi connectivity index (χ0v) is 29.1.